The summed E-state index contributed by atoms with van der Waals surface area (Å²) in [7, 11) is 0. The van der Waals surface area contributed by atoms with E-state index < -0.39 is 0 Å². The van der Waals surface area contributed by atoms with Crippen LogP contribution in [-0.2, 0) is 4.79 Å². The van der Waals surface area contributed by atoms with Crippen molar-refractivity contribution in [2.75, 3.05) is 0 Å². The normalized spacial score (nSPS) is 30.9. The largest absolute Gasteiger partial charge is 0.303 e. The minimum atomic E-state index is 0.108. The van der Waals surface area contributed by atoms with Gasteiger partial charge in [0.25, 0.3) is 0 Å². The molecule has 0 aliphatic heterocycles. The fourth-order valence-electron chi connectivity index (χ4n) is 2.49. The number of benzene rings is 1. The van der Waals surface area contributed by atoms with Crippen LogP contribution in [0.3, 0.4) is 0 Å². The maximum Gasteiger partial charge on any atom is 0.127 e. The molecule has 2 rings (SSSR count). The quantitative estimate of drug-likeness (QED) is 0.684. The number of rotatable bonds is 4. The molecule has 1 aliphatic carbocycles. The molecular weight excluding hydrogens is 184 g/mol. The van der Waals surface area contributed by atoms with Gasteiger partial charge in [0.2, 0.25) is 0 Å². The van der Waals surface area contributed by atoms with Crippen molar-refractivity contribution in [3.8, 4) is 0 Å². The van der Waals surface area contributed by atoms with Crippen molar-refractivity contribution in [3.63, 3.8) is 0 Å². The maximum atomic E-state index is 11.2. The van der Waals surface area contributed by atoms with Gasteiger partial charge in [-0.15, -0.1) is 0 Å². The molecule has 0 N–H and O–H groups in total. The van der Waals surface area contributed by atoms with E-state index in [0.717, 1.165) is 6.29 Å². The molecule has 1 nitrogen and oxygen atoms in total. The molecule has 0 spiro atoms. The molecule has 1 saturated carbocycles. The third kappa shape index (κ3) is 1.83. The van der Waals surface area contributed by atoms with Gasteiger partial charge in [0, 0.05) is 5.92 Å². The molecule has 0 aromatic heterocycles. The minimum absolute atomic E-state index is 0.108. The van der Waals surface area contributed by atoms with Gasteiger partial charge in [0.1, 0.15) is 6.29 Å². The molecule has 0 saturated heterocycles. The van der Waals surface area contributed by atoms with Crippen LogP contribution < -0.4 is 0 Å². The van der Waals surface area contributed by atoms with Gasteiger partial charge in [-0.25, -0.2) is 0 Å². The molecule has 3 atom stereocenters. The highest BCUT2D eigenvalue weighted by Gasteiger charge is 2.52. The van der Waals surface area contributed by atoms with Crippen molar-refractivity contribution in [1.82, 2.24) is 0 Å². The van der Waals surface area contributed by atoms with Crippen LogP contribution in [0.15, 0.2) is 30.3 Å². The van der Waals surface area contributed by atoms with Crippen molar-refractivity contribution in [2.45, 2.75) is 32.6 Å². The molecule has 0 bridgehead atoms. The SMILES string of the molecule is CC[C@@]1(C)CC1C(C=O)c1ccccc1. The predicted molar refractivity (Wildman–Crippen MR) is 61.8 cm³/mol. The molecule has 1 fully saturated rings. The lowest BCUT2D eigenvalue weighted by Crippen LogP contribution is -2.08. The van der Waals surface area contributed by atoms with Gasteiger partial charge >= 0.3 is 0 Å². The molecular formula is C14H18O. The summed E-state index contributed by atoms with van der Waals surface area (Å²) in [5.74, 6) is 0.665. The van der Waals surface area contributed by atoms with Gasteiger partial charge in [-0.1, -0.05) is 50.6 Å². The monoisotopic (exact) mass is 202 g/mol. The Morgan fingerprint density at radius 2 is 2.13 bits per heavy atom. The lowest BCUT2D eigenvalue weighted by atomic mass is 9.89. The van der Waals surface area contributed by atoms with E-state index >= 15 is 0 Å². The van der Waals surface area contributed by atoms with E-state index in [0.29, 0.717) is 11.3 Å². The van der Waals surface area contributed by atoms with E-state index in [9.17, 15) is 4.79 Å². The summed E-state index contributed by atoms with van der Waals surface area (Å²) >= 11 is 0. The predicted octanol–water partition coefficient (Wildman–Crippen LogP) is 3.41. The second-order valence-electron chi connectivity index (χ2n) is 4.89. The summed E-state index contributed by atoms with van der Waals surface area (Å²) in [6.45, 7) is 4.50. The van der Waals surface area contributed by atoms with Gasteiger partial charge in [0.05, 0.1) is 0 Å². The average molecular weight is 202 g/mol. The molecule has 2 unspecified atom stereocenters. The number of hydrogen-bond donors (Lipinski definition) is 0. The fraction of sp³-hybridized carbons (Fsp3) is 0.500. The Bertz CT molecular complexity index is 344. The zero-order valence-electron chi connectivity index (χ0n) is 9.44. The Labute approximate surface area is 91.5 Å². The van der Waals surface area contributed by atoms with Crippen LogP contribution in [0.2, 0.25) is 0 Å². The van der Waals surface area contributed by atoms with Crippen LogP contribution in [0.25, 0.3) is 0 Å². The standard InChI is InChI=1S/C14H18O/c1-3-14(2)9-13(14)12(10-15)11-7-5-4-6-8-11/h4-8,10,12-13H,3,9H2,1-2H3/t12?,13?,14-/m0/s1. The van der Waals surface area contributed by atoms with Gasteiger partial charge < -0.3 is 4.79 Å². The molecule has 1 aromatic carbocycles. The summed E-state index contributed by atoms with van der Waals surface area (Å²) in [6.07, 6.45) is 3.50. The van der Waals surface area contributed by atoms with E-state index in [1.165, 1.54) is 18.4 Å². The summed E-state index contributed by atoms with van der Waals surface area (Å²) < 4.78 is 0. The summed E-state index contributed by atoms with van der Waals surface area (Å²) in [6, 6.07) is 10.1. The van der Waals surface area contributed by atoms with Crippen molar-refractivity contribution >= 4 is 6.29 Å². The first-order chi connectivity index (χ1) is 7.21. The van der Waals surface area contributed by atoms with Crippen LogP contribution in [0, 0.1) is 11.3 Å². The van der Waals surface area contributed by atoms with E-state index in [-0.39, 0.29) is 5.92 Å². The van der Waals surface area contributed by atoms with E-state index in [1.54, 1.807) is 0 Å². The Morgan fingerprint density at radius 3 is 2.60 bits per heavy atom. The molecule has 1 aliphatic rings. The third-order valence-corrected chi connectivity index (χ3v) is 3.99. The van der Waals surface area contributed by atoms with E-state index in [2.05, 4.69) is 26.0 Å². The van der Waals surface area contributed by atoms with Crippen molar-refractivity contribution in [2.24, 2.45) is 11.3 Å². The number of carbonyl (C=O) groups is 1. The van der Waals surface area contributed by atoms with Crippen LogP contribution >= 0.6 is 0 Å². The van der Waals surface area contributed by atoms with Crippen molar-refractivity contribution < 1.29 is 4.79 Å². The highest BCUT2D eigenvalue weighted by atomic mass is 16.1. The van der Waals surface area contributed by atoms with Crippen LogP contribution in [0.4, 0.5) is 0 Å². The van der Waals surface area contributed by atoms with Crippen LogP contribution in [-0.4, -0.2) is 6.29 Å². The lowest BCUT2D eigenvalue weighted by Gasteiger charge is -2.14. The second-order valence-corrected chi connectivity index (χ2v) is 4.89. The molecule has 1 heteroatoms. The highest BCUT2D eigenvalue weighted by Crippen LogP contribution is 2.60. The topological polar surface area (TPSA) is 17.1 Å². The molecule has 0 heterocycles. The Kier molecular flexibility index (Phi) is 2.64. The highest BCUT2D eigenvalue weighted by molar-refractivity contribution is 5.64. The molecule has 0 radical (unpaired) electrons. The summed E-state index contributed by atoms with van der Waals surface area (Å²) in [5.41, 5.74) is 1.58. The summed E-state index contributed by atoms with van der Waals surface area (Å²) in [4.78, 5) is 11.2. The van der Waals surface area contributed by atoms with Gasteiger partial charge in [-0.05, 0) is 23.3 Å². The first-order valence-corrected chi connectivity index (χ1v) is 5.71. The summed E-state index contributed by atoms with van der Waals surface area (Å²) in [5, 5.41) is 0. The zero-order valence-corrected chi connectivity index (χ0v) is 9.44. The van der Waals surface area contributed by atoms with Crippen LogP contribution in [0.5, 0.6) is 0 Å². The Balaban J connectivity index is 2.17. The van der Waals surface area contributed by atoms with Crippen molar-refractivity contribution in [1.29, 1.82) is 0 Å². The molecule has 0 amide bonds. The first kappa shape index (κ1) is 10.4. The Hall–Kier alpha value is -1.11. The zero-order chi connectivity index (χ0) is 10.9. The maximum absolute atomic E-state index is 11.2. The van der Waals surface area contributed by atoms with Gasteiger partial charge in [-0.2, -0.15) is 0 Å². The molecule has 1 aromatic rings. The van der Waals surface area contributed by atoms with E-state index in [1.807, 2.05) is 18.2 Å². The fourth-order valence-corrected chi connectivity index (χ4v) is 2.49. The number of hydrogen-bond acceptors (Lipinski definition) is 1. The van der Waals surface area contributed by atoms with Crippen LogP contribution in [0.1, 0.15) is 38.2 Å². The lowest BCUT2D eigenvalue weighted by molar-refractivity contribution is -0.109. The molecule has 15 heavy (non-hydrogen) atoms. The van der Waals surface area contributed by atoms with Gasteiger partial charge in [0.15, 0.2) is 0 Å². The second kappa shape index (κ2) is 3.80. The number of carbonyl (C=O) groups excluding carboxylic acids is 1. The smallest absolute Gasteiger partial charge is 0.127 e. The Morgan fingerprint density at radius 1 is 1.47 bits per heavy atom. The van der Waals surface area contributed by atoms with Crippen molar-refractivity contribution in [3.05, 3.63) is 35.9 Å². The van der Waals surface area contributed by atoms with Gasteiger partial charge in [-0.3, -0.25) is 0 Å². The first-order valence-electron chi connectivity index (χ1n) is 5.71. The third-order valence-electron chi connectivity index (χ3n) is 3.99. The van der Waals surface area contributed by atoms with E-state index in [4.69, 9.17) is 0 Å². The average Bonchev–Trinajstić information content (AvgIpc) is 2.94. The molecule has 80 valence electrons. The number of aldehydes is 1. The minimum Gasteiger partial charge on any atom is -0.303 e.